The molecule has 9 aromatic rings. The summed E-state index contributed by atoms with van der Waals surface area (Å²) in [6.07, 6.45) is 25.4. The zero-order valence-electron chi connectivity index (χ0n) is 55.3. The molecule has 0 amide bonds. The molecule has 0 radical (unpaired) electrons. The fourth-order valence-electron chi connectivity index (χ4n) is 12.8. The Bertz CT molecular complexity index is 4080. The lowest BCUT2D eigenvalue weighted by atomic mass is 10.0. The highest BCUT2D eigenvalue weighted by molar-refractivity contribution is 5.87. The van der Waals surface area contributed by atoms with Gasteiger partial charge in [0.1, 0.15) is 5.69 Å². The third-order valence-electron chi connectivity index (χ3n) is 18.1. The number of pyridine rings is 3. The number of benzene rings is 3. The van der Waals surface area contributed by atoms with E-state index in [1.54, 1.807) is 0 Å². The second-order valence-electron chi connectivity index (χ2n) is 24.7. The van der Waals surface area contributed by atoms with Gasteiger partial charge in [-0.05, 0) is 84.4 Å². The van der Waals surface area contributed by atoms with E-state index in [1.807, 2.05) is 73.7 Å². The molecule has 0 spiro atoms. The fourth-order valence-corrected chi connectivity index (χ4v) is 12.8. The molecular formula is C79H83N15O3. The van der Waals surface area contributed by atoms with Gasteiger partial charge in [0.15, 0.2) is 11.6 Å². The minimum atomic E-state index is 0.234. The smallest absolute Gasteiger partial charge is 0.174 e. The van der Waals surface area contributed by atoms with Gasteiger partial charge in [0.05, 0.1) is 115 Å². The molecule has 492 valence electrons. The minimum absolute atomic E-state index is 0.234. The Morgan fingerprint density at radius 2 is 0.825 bits per heavy atom. The van der Waals surface area contributed by atoms with Crippen LogP contribution in [0.5, 0.6) is 0 Å². The van der Waals surface area contributed by atoms with Crippen molar-refractivity contribution in [3.63, 3.8) is 0 Å². The van der Waals surface area contributed by atoms with Crippen molar-refractivity contribution in [2.75, 3.05) is 107 Å². The van der Waals surface area contributed by atoms with Crippen molar-refractivity contribution in [1.29, 1.82) is 0 Å². The molecule has 9 heterocycles. The van der Waals surface area contributed by atoms with Crippen LogP contribution in [0.2, 0.25) is 0 Å². The van der Waals surface area contributed by atoms with Crippen molar-refractivity contribution in [3.8, 4) is 0 Å². The van der Waals surface area contributed by atoms with Gasteiger partial charge in [-0.1, -0.05) is 129 Å². The SMILES string of the molecule is C=C(NCCc1ccccc1)c1ccc(C2=CCc3ncc(N4CCOCC4)cc32)nn1.C=C(NCCc1ccccc1)c1ncc(C2=CCc3ncc(N4CCOCC4)cc32)cn1.C=C(N[C@@H](C)Cc1ccccc1)c1ncc(C2=CCc3ncc(N4CCOCC4)cc32)cn1. The van der Waals surface area contributed by atoms with Gasteiger partial charge in [0.2, 0.25) is 0 Å². The Labute approximate surface area is 568 Å². The molecule has 3 fully saturated rings. The lowest BCUT2D eigenvalue weighted by Gasteiger charge is -2.29. The summed E-state index contributed by atoms with van der Waals surface area (Å²) in [6, 6.07) is 42.2. The molecule has 0 unspecified atom stereocenters. The molecule has 97 heavy (non-hydrogen) atoms. The number of allylic oxidation sites excluding steroid dienone is 3. The van der Waals surface area contributed by atoms with Crippen LogP contribution in [-0.4, -0.2) is 143 Å². The number of hydrogen-bond acceptors (Lipinski definition) is 18. The molecule has 0 bridgehead atoms. The van der Waals surface area contributed by atoms with Crippen LogP contribution in [0.1, 0.15) is 91.5 Å². The second-order valence-corrected chi connectivity index (χ2v) is 24.7. The van der Waals surface area contributed by atoms with Crippen LogP contribution in [-0.2, 0) is 52.7 Å². The van der Waals surface area contributed by atoms with Crippen molar-refractivity contribution >= 4 is 50.9 Å². The Hall–Kier alpha value is -10.5. The Morgan fingerprint density at radius 1 is 0.433 bits per heavy atom. The molecule has 1 atom stereocenters. The maximum atomic E-state index is 5.49. The van der Waals surface area contributed by atoms with Crippen molar-refractivity contribution in [2.45, 2.75) is 51.5 Å². The monoisotopic (exact) mass is 1290 g/mol. The maximum Gasteiger partial charge on any atom is 0.174 e. The van der Waals surface area contributed by atoms with Gasteiger partial charge in [0, 0.05) is 136 Å². The second kappa shape index (κ2) is 31.8. The third-order valence-corrected chi connectivity index (χ3v) is 18.1. The molecule has 0 saturated carbocycles. The van der Waals surface area contributed by atoms with Crippen LogP contribution in [0.3, 0.4) is 0 Å². The van der Waals surface area contributed by atoms with Crippen LogP contribution in [0.25, 0.3) is 33.8 Å². The molecule has 3 N–H and O–H groups in total. The zero-order valence-corrected chi connectivity index (χ0v) is 55.3. The molecule has 3 aliphatic carbocycles. The standard InChI is InChI=1S/C27H29N5O.2C26H27N5O/c1-19(14-21-6-4-3-5-7-21)31-20(2)27-29-16-22(17-30-27)24-8-9-26-25(24)15-23(18-28-26)32-10-12-33-13-11-32;1-19(27-10-9-20-5-3-2-4-6-20)26-29-16-21(17-30-26)23-7-8-25-24(23)15-22(18-28-25)31-11-13-32-14-12-31;1-19(27-12-11-20-5-3-2-4-6-20)24-9-10-26(30-29-24)22-7-8-25-23(22)17-21(18-28-25)31-13-15-32-16-14-31/h3-8,15-19,31H,2,9-14H2,1H3;2-7,15-18,27H,1,8-14H2;2-7,9-10,17-18,27H,1,8,11-16H2/t19-;;/m0../s1. The van der Waals surface area contributed by atoms with Gasteiger partial charge in [-0.3, -0.25) is 15.0 Å². The highest BCUT2D eigenvalue weighted by Gasteiger charge is 2.25. The van der Waals surface area contributed by atoms with Crippen LogP contribution in [0, 0.1) is 0 Å². The Kier molecular flexibility index (Phi) is 21.4. The quantitative estimate of drug-likeness (QED) is 0.0615. The normalized spacial score (nSPS) is 15.6. The Morgan fingerprint density at radius 3 is 1.25 bits per heavy atom. The average molecular weight is 1290 g/mol. The largest absolute Gasteiger partial charge is 0.383 e. The summed E-state index contributed by atoms with van der Waals surface area (Å²) >= 11 is 0. The van der Waals surface area contributed by atoms with Crippen LogP contribution < -0.4 is 30.7 Å². The van der Waals surface area contributed by atoms with Gasteiger partial charge in [-0.15, -0.1) is 10.2 Å². The predicted octanol–water partition coefficient (Wildman–Crippen LogP) is 10.9. The van der Waals surface area contributed by atoms with E-state index >= 15 is 0 Å². The van der Waals surface area contributed by atoms with Gasteiger partial charge in [-0.2, -0.15) is 0 Å². The molecule has 6 aliphatic rings. The number of nitrogens with one attached hydrogen (secondary N) is 3. The molecule has 18 heteroatoms. The van der Waals surface area contributed by atoms with E-state index in [9.17, 15) is 0 Å². The van der Waals surface area contributed by atoms with Crippen molar-refractivity contribution in [3.05, 3.63) is 287 Å². The maximum absolute atomic E-state index is 5.49. The van der Waals surface area contributed by atoms with Crippen molar-refractivity contribution in [2.24, 2.45) is 0 Å². The fraction of sp³-hybridized carbons (Fsp3) is 0.278. The van der Waals surface area contributed by atoms with E-state index in [-0.39, 0.29) is 6.04 Å². The molecular weight excluding hydrogens is 1210 g/mol. The lowest BCUT2D eigenvalue weighted by molar-refractivity contribution is 0.122. The van der Waals surface area contributed by atoms with E-state index in [4.69, 9.17) is 29.2 Å². The van der Waals surface area contributed by atoms with Gasteiger partial charge >= 0.3 is 0 Å². The summed E-state index contributed by atoms with van der Waals surface area (Å²) in [7, 11) is 0. The number of hydrogen-bond donors (Lipinski definition) is 3. The Balaban J connectivity index is 0.000000131. The van der Waals surface area contributed by atoms with E-state index in [1.165, 1.54) is 27.8 Å². The summed E-state index contributed by atoms with van der Waals surface area (Å²) in [6.45, 7) is 26.1. The highest BCUT2D eigenvalue weighted by Crippen LogP contribution is 2.37. The van der Waals surface area contributed by atoms with Gasteiger partial charge < -0.3 is 44.9 Å². The van der Waals surface area contributed by atoms with Crippen LogP contribution in [0.4, 0.5) is 17.1 Å². The van der Waals surface area contributed by atoms with Crippen LogP contribution >= 0.6 is 0 Å². The van der Waals surface area contributed by atoms with E-state index in [2.05, 4.69) is 197 Å². The van der Waals surface area contributed by atoms with E-state index < -0.39 is 0 Å². The van der Waals surface area contributed by atoms with Gasteiger partial charge in [-0.25, -0.2) is 19.9 Å². The van der Waals surface area contributed by atoms with Crippen molar-refractivity contribution < 1.29 is 14.2 Å². The lowest BCUT2D eigenvalue weighted by Crippen LogP contribution is -2.36. The summed E-state index contributed by atoms with van der Waals surface area (Å²) in [5.74, 6) is 1.25. The van der Waals surface area contributed by atoms with E-state index in [0.29, 0.717) is 11.6 Å². The molecule has 3 aliphatic heterocycles. The van der Waals surface area contributed by atoms with Gasteiger partial charge in [0.25, 0.3) is 0 Å². The molecule has 6 aromatic heterocycles. The molecule has 3 aromatic carbocycles. The summed E-state index contributed by atoms with van der Waals surface area (Å²) in [4.78, 5) is 39.5. The molecule has 15 rings (SSSR count). The molecule has 18 nitrogen and oxygen atoms in total. The number of anilines is 3. The first-order chi connectivity index (χ1) is 47.7. The topological polar surface area (TPSA) is 190 Å². The first-order valence-electron chi connectivity index (χ1n) is 33.7. The number of rotatable bonds is 21. The van der Waals surface area contributed by atoms with Crippen LogP contribution in [0.15, 0.2) is 203 Å². The highest BCUT2D eigenvalue weighted by atomic mass is 16.5. The summed E-state index contributed by atoms with van der Waals surface area (Å²) < 4.78 is 16.4. The number of morpholine rings is 3. The third kappa shape index (κ3) is 16.6. The predicted molar refractivity (Wildman–Crippen MR) is 386 cm³/mol. The average Bonchev–Trinajstić information content (AvgIpc) is 1.70. The van der Waals surface area contributed by atoms with Crippen molar-refractivity contribution in [1.82, 2.24) is 61.0 Å². The molecule has 3 saturated heterocycles. The number of fused-ring (bicyclic) bond motifs is 3. The summed E-state index contributed by atoms with van der Waals surface area (Å²) in [5.41, 5.74) is 23.4. The number of aromatic nitrogens is 9. The first kappa shape index (κ1) is 65.1. The van der Waals surface area contributed by atoms with E-state index in [0.717, 1.165) is 227 Å². The first-order valence-corrected chi connectivity index (χ1v) is 33.7. The summed E-state index contributed by atoms with van der Waals surface area (Å²) in [5, 5.41) is 19.1. The number of nitrogens with zero attached hydrogens (tertiary/aromatic N) is 12. The number of ether oxygens (including phenoxy) is 3. The minimum Gasteiger partial charge on any atom is -0.383 e. The zero-order chi connectivity index (χ0) is 66.1.